The van der Waals surface area contributed by atoms with Crippen LogP contribution in [0.2, 0.25) is 0 Å². The predicted molar refractivity (Wildman–Crippen MR) is 65.4 cm³/mol. The number of nitrogens with one attached hydrogen (secondary N) is 1. The van der Waals surface area contributed by atoms with E-state index in [0.29, 0.717) is 11.4 Å². The minimum absolute atomic E-state index is 0.0228. The summed E-state index contributed by atoms with van der Waals surface area (Å²) in [5.41, 5.74) is 1.12. The van der Waals surface area contributed by atoms with Gasteiger partial charge in [-0.2, -0.15) is 0 Å². The summed E-state index contributed by atoms with van der Waals surface area (Å²) in [6.45, 7) is 4.26. The second-order valence-electron chi connectivity index (χ2n) is 3.66. The van der Waals surface area contributed by atoms with Crippen LogP contribution in [0.5, 0.6) is 0 Å². The van der Waals surface area contributed by atoms with Crippen molar-refractivity contribution in [1.82, 2.24) is 5.32 Å². The molecule has 0 aromatic heterocycles. The fourth-order valence-corrected chi connectivity index (χ4v) is 1.33. The van der Waals surface area contributed by atoms with E-state index in [1.54, 1.807) is 0 Å². The summed E-state index contributed by atoms with van der Waals surface area (Å²) in [7, 11) is 0. The molecular formula is C12H14FNOS. The largest absolute Gasteiger partial charge is 0.348 e. The Morgan fingerprint density at radius 1 is 1.50 bits per heavy atom. The third-order valence-corrected chi connectivity index (χ3v) is 2.25. The van der Waals surface area contributed by atoms with Crippen LogP contribution < -0.4 is 5.32 Å². The Balaban J connectivity index is 2.73. The number of hydrogen-bond acceptors (Lipinski definition) is 2. The van der Waals surface area contributed by atoms with Gasteiger partial charge in [0.1, 0.15) is 5.82 Å². The lowest BCUT2D eigenvalue weighted by Gasteiger charge is -2.04. The number of thiol groups is 1. The zero-order valence-electron chi connectivity index (χ0n) is 9.25. The first-order valence-electron chi connectivity index (χ1n) is 4.91. The van der Waals surface area contributed by atoms with Crippen LogP contribution in [0.15, 0.2) is 34.7 Å². The van der Waals surface area contributed by atoms with Gasteiger partial charge in [-0.05, 0) is 32.0 Å². The first-order chi connectivity index (χ1) is 7.50. The van der Waals surface area contributed by atoms with Crippen molar-refractivity contribution in [3.8, 4) is 0 Å². The van der Waals surface area contributed by atoms with E-state index in [9.17, 15) is 9.18 Å². The van der Waals surface area contributed by atoms with E-state index in [1.807, 2.05) is 19.9 Å². The first-order valence-corrected chi connectivity index (χ1v) is 5.35. The molecule has 0 saturated heterocycles. The van der Waals surface area contributed by atoms with Crippen molar-refractivity contribution in [2.24, 2.45) is 0 Å². The van der Waals surface area contributed by atoms with Crippen molar-refractivity contribution in [3.05, 3.63) is 41.2 Å². The average Bonchev–Trinajstić information content (AvgIpc) is 2.21. The standard InChI is InChI=1S/C12H14FNOS/c1-8(2)5-6-14-12(15)10-7-9(16)3-4-11(10)13/h3-5,7,16H,6H2,1-2H3,(H,14,15). The third-order valence-electron chi connectivity index (χ3n) is 1.97. The molecule has 0 fully saturated rings. The summed E-state index contributed by atoms with van der Waals surface area (Å²) < 4.78 is 13.3. The highest BCUT2D eigenvalue weighted by atomic mass is 32.1. The zero-order valence-corrected chi connectivity index (χ0v) is 10.1. The van der Waals surface area contributed by atoms with E-state index >= 15 is 0 Å². The number of rotatable bonds is 3. The highest BCUT2D eigenvalue weighted by Gasteiger charge is 2.10. The number of hydrogen-bond donors (Lipinski definition) is 2. The molecule has 0 aliphatic carbocycles. The zero-order chi connectivity index (χ0) is 12.1. The van der Waals surface area contributed by atoms with Crippen LogP contribution in [0.3, 0.4) is 0 Å². The summed E-state index contributed by atoms with van der Waals surface area (Å²) in [5.74, 6) is -0.960. The van der Waals surface area contributed by atoms with E-state index < -0.39 is 11.7 Å². The smallest absolute Gasteiger partial charge is 0.254 e. The summed E-state index contributed by atoms with van der Waals surface area (Å²) in [4.78, 5) is 12.1. The Bertz CT molecular complexity index is 425. The van der Waals surface area contributed by atoms with Crippen molar-refractivity contribution in [2.45, 2.75) is 18.7 Å². The Labute approximate surface area is 100.0 Å². The Kier molecular flexibility index (Phi) is 4.55. The molecule has 0 aliphatic heterocycles. The maximum Gasteiger partial charge on any atom is 0.254 e. The molecule has 1 aromatic rings. The van der Waals surface area contributed by atoms with Crippen molar-refractivity contribution < 1.29 is 9.18 Å². The van der Waals surface area contributed by atoms with Crippen LogP contribution in [0.1, 0.15) is 24.2 Å². The summed E-state index contributed by atoms with van der Waals surface area (Å²) in [6, 6.07) is 4.15. The molecule has 0 heterocycles. The van der Waals surface area contributed by atoms with Gasteiger partial charge in [-0.15, -0.1) is 12.6 Å². The van der Waals surface area contributed by atoms with Crippen LogP contribution >= 0.6 is 12.6 Å². The molecule has 0 aliphatic rings. The molecule has 0 atom stereocenters. The molecule has 0 bridgehead atoms. The van der Waals surface area contributed by atoms with E-state index in [0.717, 1.165) is 5.57 Å². The van der Waals surface area contributed by atoms with Gasteiger partial charge < -0.3 is 5.32 Å². The molecule has 86 valence electrons. The quantitative estimate of drug-likeness (QED) is 0.616. The summed E-state index contributed by atoms with van der Waals surface area (Å²) in [5, 5.41) is 2.61. The van der Waals surface area contributed by atoms with Gasteiger partial charge in [0, 0.05) is 11.4 Å². The number of carbonyl (C=O) groups is 1. The lowest BCUT2D eigenvalue weighted by atomic mass is 10.2. The predicted octanol–water partition coefficient (Wildman–Crippen LogP) is 2.81. The van der Waals surface area contributed by atoms with E-state index in [2.05, 4.69) is 17.9 Å². The molecular weight excluding hydrogens is 225 g/mol. The fourth-order valence-electron chi connectivity index (χ4n) is 1.13. The number of allylic oxidation sites excluding steroid dienone is 1. The number of carbonyl (C=O) groups excluding carboxylic acids is 1. The lowest BCUT2D eigenvalue weighted by Crippen LogP contribution is -2.24. The molecule has 0 saturated carbocycles. The number of amides is 1. The van der Waals surface area contributed by atoms with Gasteiger partial charge >= 0.3 is 0 Å². The van der Waals surface area contributed by atoms with Crippen molar-refractivity contribution >= 4 is 18.5 Å². The SMILES string of the molecule is CC(C)=CCNC(=O)c1cc(S)ccc1F. The van der Waals surface area contributed by atoms with Crippen LogP contribution in [0.4, 0.5) is 4.39 Å². The molecule has 16 heavy (non-hydrogen) atoms. The maximum atomic E-state index is 13.3. The van der Waals surface area contributed by atoms with Crippen LogP contribution in [-0.4, -0.2) is 12.5 Å². The molecule has 4 heteroatoms. The summed E-state index contributed by atoms with van der Waals surface area (Å²) in [6.07, 6.45) is 1.86. The monoisotopic (exact) mass is 239 g/mol. The highest BCUT2D eigenvalue weighted by molar-refractivity contribution is 7.80. The molecule has 1 amide bonds. The Morgan fingerprint density at radius 2 is 2.19 bits per heavy atom. The van der Waals surface area contributed by atoms with Gasteiger partial charge in [0.05, 0.1) is 5.56 Å². The second kappa shape index (κ2) is 5.70. The molecule has 0 radical (unpaired) electrons. The van der Waals surface area contributed by atoms with Crippen molar-refractivity contribution in [1.29, 1.82) is 0 Å². The summed E-state index contributed by atoms with van der Waals surface area (Å²) >= 11 is 4.06. The molecule has 1 aromatic carbocycles. The lowest BCUT2D eigenvalue weighted by molar-refractivity contribution is 0.0953. The molecule has 0 spiro atoms. The minimum Gasteiger partial charge on any atom is -0.348 e. The van der Waals surface area contributed by atoms with Gasteiger partial charge in [-0.3, -0.25) is 4.79 Å². The maximum absolute atomic E-state index is 13.3. The first kappa shape index (κ1) is 12.8. The van der Waals surface area contributed by atoms with Gasteiger partial charge in [0.2, 0.25) is 0 Å². The van der Waals surface area contributed by atoms with E-state index in [1.165, 1.54) is 18.2 Å². The van der Waals surface area contributed by atoms with Gasteiger partial charge in [0.15, 0.2) is 0 Å². The van der Waals surface area contributed by atoms with Gasteiger partial charge in [-0.1, -0.05) is 11.6 Å². The molecule has 0 unspecified atom stereocenters. The number of benzene rings is 1. The fraction of sp³-hybridized carbons (Fsp3) is 0.250. The van der Waals surface area contributed by atoms with Crippen LogP contribution in [0, 0.1) is 5.82 Å². The van der Waals surface area contributed by atoms with Crippen molar-refractivity contribution in [3.63, 3.8) is 0 Å². The highest BCUT2D eigenvalue weighted by Crippen LogP contribution is 2.13. The van der Waals surface area contributed by atoms with Crippen LogP contribution in [-0.2, 0) is 0 Å². The van der Waals surface area contributed by atoms with E-state index in [-0.39, 0.29) is 5.56 Å². The molecule has 1 N–H and O–H groups in total. The second-order valence-corrected chi connectivity index (χ2v) is 4.17. The van der Waals surface area contributed by atoms with Gasteiger partial charge in [-0.25, -0.2) is 4.39 Å². The van der Waals surface area contributed by atoms with Crippen molar-refractivity contribution in [2.75, 3.05) is 6.54 Å². The third kappa shape index (κ3) is 3.70. The van der Waals surface area contributed by atoms with Gasteiger partial charge in [0.25, 0.3) is 5.91 Å². The molecule has 2 nitrogen and oxygen atoms in total. The minimum atomic E-state index is -0.535. The Hall–Kier alpha value is -1.29. The average molecular weight is 239 g/mol. The Morgan fingerprint density at radius 3 is 2.81 bits per heavy atom. The normalized spacial score (nSPS) is 9.75. The number of halogens is 1. The molecule has 1 rings (SSSR count). The van der Waals surface area contributed by atoms with Crippen LogP contribution in [0.25, 0.3) is 0 Å². The topological polar surface area (TPSA) is 29.1 Å². The van der Waals surface area contributed by atoms with E-state index in [4.69, 9.17) is 0 Å².